The molecule has 0 fully saturated rings. The number of nitrogens with zero attached hydrogens (tertiary/aromatic N) is 1. The fraction of sp³-hybridized carbons (Fsp3) is 0.421. The Hall–Kier alpha value is -2.28. The van der Waals surface area contributed by atoms with Crippen molar-refractivity contribution in [1.82, 2.24) is 10.5 Å². The highest BCUT2D eigenvalue weighted by Crippen LogP contribution is 2.29. The third-order valence-corrected chi connectivity index (χ3v) is 5.56. The van der Waals surface area contributed by atoms with Gasteiger partial charge in [-0.2, -0.15) is 0 Å². The summed E-state index contributed by atoms with van der Waals surface area (Å²) in [7, 11) is 0. The van der Waals surface area contributed by atoms with Crippen molar-refractivity contribution in [3.05, 3.63) is 47.2 Å². The lowest BCUT2D eigenvalue weighted by molar-refractivity contribution is -0.119. The molecule has 0 bridgehead atoms. The quantitative estimate of drug-likeness (QED) is 0.812. The van der Waals surface area contributed by atoms with E-state index in [-0.39, 0.29) is 28.9 Å². The number of nitrogens with one attached hydrogen (secondary N) is 2. The number of fused-ring (bicyclic) bond motifs is 1. The van der Waals surface area contributed by atoms with Crippen LogP contribution < -0.4 is 10.6 Å². The van der Waals surface area contributed by atoms with Crippen molar-refractivity contribution in [2.24, 2.45) is 0 Å². The van der Waals surface area contributed by atoms with Crippen LogP contribution in [0.4, 0.5) is 5.82 Å². The molecule has 6 nitrogen and oxygen atoms in total. The van der Waals surface area contributed by atoms with Gasteiger partial charge in [0, 0.05) is 6.07 Å². The average molecular weight is 373 g/mol. The zero-order valence-electron chi connectivity index (χ0n) is 15.0. The molecule has 0 saturated heterocycles. The molecule has 1 heterocycles. The van der Waals surface area contributed by atoms with Crippen LogP contribution in [-0.4, -0.2) is 28.0 Å². The number of rotatable bonds is 6. The zero-order chi connectivity index (χ0) is 18.5. The van der Waals surface area contributed by atoms with E-state index in [2.05, 4.69) is 27.9 Å². The van der Waals surface area contributed by atoms with Gasteiger partial charge in [-0.3, -0.25) is 9.59 Å². The smallest absolute Gasteiger partial charge is 0.238 e. The third kappa shape index (κ3) is 4.66. The molecule has 26 heavy (non-hydrogen) atoms. The zero-order valence-corrected chi connectivity index (χ0v) is 15.8. The predicted octanol–water partition coefficient (Wildman–Crippen LogP) is 3.24. The molecule has 1 aromatic heterocycles. The van der Waals surface area contributed by atoms with E-state index in [4.69, 9.17) is 4.52 Å². The van der Waals surface area contributed by atoms with E-state index in [1.807, 2.05) is 12.1 Å². The second-order valence-corrected chi connectivity index (χ2v) is 7.81. The molecule has 2 amide bonds. The van der Waals surface area contributed by atoms with Gasteiger partial charge in [0.1, 0.15) is 5.76 Å². The van der Waals surface area contributed by atoms with Crippen molar-refractivity contribution in [2.45, 2.75) is 44.4 Å². The fourth-order valence-electron chi connectivity index (χ4n) is 3.07. The van der Waals surface area contributed by atoms with Gasteiger partial charge >= 0.3 is 0 Å². The number of carbonyl (C=O) groups excluding carboxylic acids is 2. The van der Waals surface area contributed by atoms with E-state index in [9.17, 15) is 9.59 Å². The molecule has 2 atom stereocenters. The van der Waals surface area contributed by atoms with Crippen LogP contribution in [0.15, 0.2) is 34.9 Å². The SMILES string of the molecule is Cc1cc(NC(=O)[C@@H](C)SCC(=O)N[C@H]2CCCc3ccccc32)no1. The average Bonchev–Trinajstić information content (AvgIpc) is 3.04. The largest absolute Gasteiger partial charge is 0.360 e. The van der Waals surface area contributed by atoms with Crippen LogP contribution in [0.5, 0.6) is 0 Å². The molecule has 2 N–H and O–H groups in total. The number of anilines is 1. The van der Waals surface area contributed by atoms with E-state index in [0.717, 1.165) is 19.3 Å². The summed E-state index contributed by atoms with van der Waals surface area (Å²) in [4.78, 5) is 24.5. The summed E-state index contributed by atoms with van der Waals surface area (Å²) >= 11 is 1.31. The maximum Gasteiger partial charge on any atom is 0.238 e. The summed E-state index contributed by atoms with van der Waals surface area (Å²) in [5.41, 5.74) is 2.52. The van der Waals surface area contributed by atoms with Crippen molar-refractivity contribution >= 4 is 29.4 Å². The van der Waals surface area contributed by atoms with Gasteiger partial charge < -0.3 is 15.2 Å². The van der Waals surface area contributed by atoms with Gasteiger partial charge in [-0.15, -0.1) is 11.8 Å². The van der Waals surface area contributed by atoms with Crippen molar-refractivity contribution in [1.29, 1.82) is 0 Å². The Kier molecular flexibility index (Phi) is 5.98. The summed E-state index contributed by atoms with van der Waals surface area (Å²) in [6.07, 6.45) is 3.09. The highest BCUT2D eigenvalue weighted by molar-refractivity contribution is 8.01. The van der Waals surface area contributed by atoms with Crippen LogP contribution in [0.3, 0.4) is 0 Å². The Morgan fingerprint density at radius 3 is 2.96 bits per heavy atom. The first-order valence-corrected chi connectivity index (χ1v) is 9.81. The summed E-state index contributed by atoms with van der Waals surface area (Å²) in [5, 5.41) is 9.16. The summed E-state index contributed by atoms with van der Waals surface area (Å²) in [6, 6.07) is 9.98. The van der Waals surface area contributed by atoms with Gasteiger partial charge in [-0.05, 0) is 44.2 Å². The number of thioether (sulfide) groups is 1. The minimum Gasteiger partial charge on any atom is -0.360 e. The standard InChI is InChI=1S/C19H23N3O3S/c1-12-10-17(22-25-12)21-19(24)13(2)26-11-18(23)20-16-9-5-7-14-6-3-4-8-15(14)16/h3-4,6,8,10,13,16H,5,7,9,11H2,1-2H3,(H,20,23)(H,21,22,24)/t13-,16+/m1/s1. The van der Waals surface area contributed by atoms with Crippen LogP contribution in [-0.2, 0) is 16.0 Å². The Morgan fingerprint density at radius 2 is 2.19 bits per heavy atom. The second kappa shape index (κ2) is 8.40. The highest BCUT2D eigenvalue weighted by Gasteiger charge is 2.22. The van der Waals surface area contributed by atoms with Crippen molar-refractivity contribution in [3.63, 3.8) is 0 Å². The molecule has 7 heteroatoms. The van der Waals surface area contributed by atoms with Gasteiger partial charge in [-0.25, -0.2) is 0 Å². The minimum atomic E-state index is -0.364. The van der Waals surface area contributed by atoms with E-state index >= 15 is 0 Å². The lowest BCUT2D eigenvalue weighted by Crippen LogP contribution is -2.33. The monoisotopic (exact) mass is 373 g/mol. The van der Waals surface area contributed by atoms with Crippen LogP contribution in [0.2, 0.25) is 0 Å². The molecule has 1 aliphatic carbocycles. The van der Waals surface area contributed by atoms with Gasteiger partial charge in [0.25, 0.3) is 0 Å². The van der Waals surface area contributed by atoms with E-state index in [1.54, 1.807) is 19.9 Å². The fourth-order valence-corrected chi connectivity index (χ4v) is 3.76. The predicted molar refractivity (Wildman–Crippen MR) is 102 cm³/mol. The lowest BCUT2D eigenvalue weighted by Gasteiger charge is -2.26. The van der Waals surface area contributed by atoms with Crippen molar-refractivity contribution < 1.29 is 14.1 Å². The number of hydrogen-bond donors (Lipinski definition) is 2. The molecule has 0 aliphatic heterocycles. The molecule has 1 aromatic carbocycles. The van der Waals surface area contributed by atoms with Gasteiger partial charge in [0.2, 0.25) is 11.8 Å². The molecule has 0 radical (unpaired) electrons. The first-order valence-electron chi connectivity index (χ1n) is 8.76. The molecule has 1 aliphatic rings. The first kappa shape index (κ1) is 18.5. The molecule has 138 valence electrons. The summed E-state index contributed by atoms with van der Waals surface area (Å²) < 4.78 is 4.92. The van der Waals surface area contributed by atoms with Gasteiger partial charge in [0.15, 0.2) is 5.82 Å². The van der Waals surface area contributed by atoms with Crippen molar-refractivity contribution in [3.8, 4) is 0 Å². The van der Waals surface area contributed by atoms with E-state index in [0.29, 0.717) is 11.6 Å². The maximum absolute atomic E-state index is 12.3. The van der Waals surface area contributed by atoms with E-state index < -0.39 is 0 Å². The van der Waals surface area contributed by atoms with Crippen LogP contribution in [0.25, 0.3) is 0 Å². The number of aromatic nitrogens is 1. The van der Waals surface area contributed by atoms with Crippen LogP contribution in [0.1, 0.15) is 42.7 Å². The molecule has 0 unspecified atom stereocenters. The highest BCUT2D eigenvalue weighted by atomic mass is 32.2. The Balaban J connectivity index is 1.47. The second-order valence-electron chi connectivity index (χ2n) is 6.48. The number of benzene rings is 1. The normalized spacial score (nSPS) is 17.2. The summed E-state index contributed by atoms with van der Waals surface area (Å²) in [5.74, 6) is 1.02. The summed E-state index contributed by atoms with van der Waals surface area (Å²) in [6.45, 7) is 3.53. The first-order chi connectivity index (χ1) is 12.5. The van der Waals surface area contributed by atoms with Crippen molar-refractivity contribution in [2.75, 3.05) is 11.1 Å². The third-order valence-electron chi connectivity index (χ3n) is 4.42. The Bertz CT molecular complexity index is 790. The number of aryl methyl sites for hydroxylation is 2. The van der Waals surface area contributed by atoms with Gasteiger partial charge in [-0.1, -0.05) is 29.4 Å². The Morgan fingerprint density at radius 1 is 1.38 bits per heavy atom. The van der Waals surface area contributed by atoms with Crippen LogP contribution in [0, 0.1) is 6.92 Å². The number of carbonyl (C=O) groups is 2. The van der Waals surface area contributed by atoms with E-state index in [1.165, 1.54) is 22.9 Å². The number of hydrogen-bond acceptors (Lipinski definition) is 5. The lowest BCUT2D eigenvalue weighted by atomic mass is 9.88. The molecule has 2 aromatic rings. The van der Waals surface area contributed by atoms with Gasteiger partial charge in [0.05, 0.1) is 17.0 Å². The molecular weight excluding hydrogens is 350 g/mol. The molecular formula is C19H23N3O3S. The Labute approximate surface area is 157 Å². The molecule has 0 saturated carbocycles. The molecule has 0 spiro atoms. The minimum absolute atomic E-state index is 0.0476. The van der Waals surface area contributed by atoms with Crippen LogP contribution >= 0.6 is 11.8 Å². The molecule has 3 rings (SSSR count). The maximum atomic E-state index is 12.3. The number of amides is 2. The topological polar surface area (TPSA) is 84.2 Å².